The number of halogens is 1. The minimum absolute atomic E-state index is 0.103. The van der Waals surface area contributed by atoms with Crippen molar-refractivity contribution in [3.8, 4) is 11.4 Å². The number of aliphatic hydroxyl groups is 1. The van der Waals surface area contributed by atoms with Crippen LogP contribution in [0.15, 0.2) is 28.8 Å². The Kier molecular flexibility index (Phi) is 5.19. The summed E-state index contributed by atoms with van der Waals surface area (Å²) in [7, 11) is 0. The van der Waals surface area contributed by atoms with Crippen LogP contribution in [0.25, 0.3) is 11.4 Å². The summed E-state index contributed by atoms with van der Waals surface area (Å²) in [5.41, 5.74) is 0.647. The monoisotopic (exact) mass is 363 g/mol. The lowest BCUT2D eigenvalue weighted by Crippen LogP contribution is -2.54. The molecular formula is C19H26ClN3O2. The molecule has 2 N–H and O–H groups in total. The first-order valence-electron chi connectivity index (χ1n) is 8.76. The number of rotatable bonds is 5. The van der Waals surface area contributed by atoms with E-state index >= 15 is 0 Å². The summed E-state index contributed by atoms with van der Waals surface area (Å²) < 4.78 is 5.37. The van der Waals surface area contributed by atoms with Crippen LogP contribution in [-0.4, -0.2) is 27.4 Å². The molecule has 1 saturated carbocycles. The first kappa shape index (κ1) is 18.4. The number of nitrogens with one attached hydrogen (secondary N) is 1. The van der Waals surface area contributed by atoms with Crippen molar-refractivity contribution in [3.63, 3.8) is 0 Å². The third kappa shape index (κ3) is 4.22. The first-order valence-corrected chi connectivity index (χ1v) is 9.14. The van der Waals surface area contributed by atoms with Crippen LogP contribution < -0.4 is 5.32 Å². The van der Waals surface area contributed by atoms with Gasteiger partial charge in [-0.25, -0.2) is 0 Å². The summed E-state index contributed by atoms with van der Waals surface area (Å²) in [6.45, 7) is 7.30. The Morgan fingerprint density at radius 3 is 2.76 bits per heavy atom. The van der Waals surface area contributed by atoms with Crippen LogP contribution >= 0.6 is 11.6 Å². The number of hydrogen-bond donors (Lipinski definition) is 2. The van der Waals surface area contributed by atoms with Gasteiger partial charge < -0.3 is 14.9 Å². The quantitative estimate of drug-likeness (QED) is 0.838. The lowest BCUT2D eigenvalue weighted by atomic mass is 9.64. The molecule has 1 aromatic heterocycles. The van der Waals surface area contributed by atoms with Gasteiger partial charge in [0.15, 0.2) is 0 Å². The molecule has 2 aromatic rings. The van der Waals surface area contributed by atoms with E-state index in [0.717, 1.165) is 18.4 Å². The highest BCUT2D eigenvalue weighted by Gasteiger charge is 2.42. The Hall–Kier alpha value is -1.43. The molecule has 2 unspecified atom stereocenters. The van der Waals surface area contributed by atoms with Crippen molar-refractivity contribution >= 4 is 11.6 Å². The highest BCUT2D eigenvalue weighted by molar-refractivity contribution is 6.33. The minimum atomic E-state index is -0.305. The third-order valence-electron chi connectivity index (χ3n) is 4.96. The molecule has 0 bridgehead atoms. The summed E-state index contributed by atoms with van der Waals surface area (Å²) in [6.07, 6.45) is 3.04. The fraction of sp³-hybridized carbons (Fsp3) is 0.579. The van der Waals surface area contributed by atoms with Crippen LogP contribution in [0.2, 0.25) is 5.02 Å². The maximum absolute atomic E-state index is 10.0. The molecule has 3 rings (SSSR count). The van der Waals surface area contributed by atoms with Crippen LogP contribution in [0.3, 0.4) is 0 Å². The molecule has 6 heteroatoms. The van der Waals surface area contributed by atoms with Gasteiger partial charge in [0.05, 0.1) is 18.2 Å². The molecule has 0 aliphatic heterocycles. The van der Waals surface area contributed by atoms with Gasteiger partial charge in [-0.05, 0) is 42.7 Å². The van der Waals surface area contributed by atoms with Crippen molar-refractivity contribution in [1.29, 1.82) is 0 Å². The van der Waals surface area contributed by atoms with Gasteiger partial charge in [0, 0.05) is 11.1 Å². The lowest BCUT2D eigenvalue weighted by molar-refractivity contribution is 0.0335. The summed E-state index contributed by atoms with van der Waals surface area (Å²) in [6, 6.07) is 7.43. The van der Waals surface area contributed by atoms with Gasteiger partial charge in [0.2, 0.25) is 11.7 Å². The topological polar surface area (TPSA) is 71.2 Å². The minimum Gasteiger partial charge on any atom is -0.394 e. The van der Waals surface area contributed by atoms with E-state index in [1.54, 1.807) is 6.07 Å². The standard InChI is InChI=1S/C19H26ClN3O2/c1-13-8-18(2,3)11-19(9-13,12-24)21-10-16-22-17(23-25-16)14-6-4-5-7-15(14)20/h4-7,13,21,24H,8-12H2,1-3H3. The van der Waals surface area contributed by atoms with Gasteiger partial charge in [-0.2, -0.15) is 4.98 Å². The van der Waals surface area contributed by atoms with E-state index in [1.807, 2.05) is 18.2 Å². The molecule has 25 heavy (non-hydrogen) atoms. The molecule has 0 saturated heterocycles. The van der Waals surface area contributed by atoms with Gasteiger partial charge in [-0.15, -0.1) is 0 Å². The van der Waals surface area contributed by atoms with Crippen molar-refractivity contribution in [2.75, 3.05) is 6.61 Å². The Labute approximate surface area is 153 Å². The second-order valence-corrected chi connectivity index (χ2v) is 8.55. The maximum atomic E-state index is 10.0. The van der Waals surface area contributed by atoms with Crippen LogP contribution in [-0.2, 0) is 6.54 Å². The number of aliphatic hydroxyl groups excluding tert-OH is 1. The van der Waals surface area contributed by atoms with Gasteiger partial charge in [0.25, 0.3) is 0 Å². The summed E-state index contributed by atoms with van der Waals surface area (Å²) >= 11 is 6.19. The van der Waals surface area contributed by atoms with E-state index in [1.165, 1.54) is 6.42 Å². The SMILES string of the molecule is CC1CC(C)(C)CC(CO)(NCc2nc(-c3ccccc3Cl)no2)C1. The molecule has 1 aromatic carbocycles. The Morgan fingerprint density at radius 1 is 1.32 bits per heavy atom. The normalized spacial score (nSPS) is 25.9. The molecular weight excluding hydrogens is 338 g/mol. The van der Waals surface area contributed by atoms with Crippen molar-refractivity contribution in [3.05, 3.63) is 35.2 Å². The van der Waals surface area contributed by atoms with E-state index in [0.29, 0.717) is 29.2 Å². The molecule has 136 valence electrons. The smallest absolute Gasteiger partial charge is 0.240 e. The highest BCUT2D eigenvalue weighted by Crippen LogP contribution is 2.43. The molecule has 0 spiro atoms. The molecule has 1 fully saturated rings. The predicted octanol–water partition coefficient (Wildman–Crippen LogP) is 4.06. The van der Waals surface area contributed by atoms with Gasteiger partial charge in [0.1, 0.15) is 0 Å². The average Bonchev–Trinajstić information content (AvgIpc) is 3.00. The Morgan fingerprint density at radius 2 is 2.08 bits per heavy atom. The molecule has 0 amide bonds. The van der Waals surface area contributed by atoms with E-state index < -0.39 is 0 Å². The number of nitrogens with zero attached hydrogens (tertiary/aromatic N) is 2. The van der Waals surface area contributed by atoms with Gasteiger partial charge in [-0.1, -0.05) is 49.7 Å². The number of hydrogen-bond acceptors (Lipinski definition) is 5. The van der Waals surface area contributed by atoms with Gasteiger partial charge in [-0.3, -0.25) is 0 Å². The Balaban J connectivity index is 1.72. The first-order chi connectivity index (χ1) is 11.8. The molecule has 1 aliphatic rings. The second-order valence-electron chi connectivity index (χ2n) is 8.14. The van der Waals surface area contributed by atoms with Crippen molar-refractivity contribution in [2.45, 2.75) is 52.1 Å². The van der Waals surface area contributed by atoms with Crippen LogP contribution in [0, 0.1) is 11.3 Å². The highest BCUT2D eigenvalue weighted by atomic mass is 35.5. The van der Waals surface area contributed by atoms with Crippen LogP contribution in [0.1, 0.15) is 45.9 Å². The van der Waals surface area contributed by atoms with Gasteiger partial charge >= 0.3 is 0 Å². The zero-order chi connectivity index (χ0) is 18.1. The zero-order valence-electron chi connectivity index (χ0n) is 15.1. The fourth-order valence-corrected chi connectivity index (χ4v) is 4.62. The fourth-order valence-electron chi connectivity index (χ4n) is 4.40. The van der Waals surface area contributed by atoms with Crippen molar-refractivity contribution in [2.24, 2.45) is 11.3 Å². The molecule has 0 radical (unpaired) electrons. The predicted molar refractivity (Wildman–Crippen MR) is 98.2 cm³/mol. The lowest BCUT2D eigenvalue weighted by Gasteiger charge is -2.47. The maximum Gasteiger partial charge on any atom is 0.240 e. The number of aromatic nitrogens is 2. The molecule has 1 heterocycles. The number of benzene rings is 1. The average molecular weight is 364 g/mol. The van der Waals surface area contributed by atoms with E-state index in [9.17, 15) is 5.11 Å². The zero-order valence-corrected chi connectivity index (χ0v) is 15.8. The summed E-state index contributed by atoms with van der Waals surface area (Å²) in [4.78, 5) is 4.44. The summed E-state index contributed by atoms with van der Waals surface area (Å²) in [5.74, 6) is 1.54. The van der Waals surface area contributed by atoms with E-state index in [-0.39, 0.29) is 17.6 Å². The molecule has 5 nitrogen and oxygen atoms in total. The van der Waals surface area contributed by atoms with Crippen molar-refractivity contribution in [1.82, 2.24) is 15.5 Å². The van der Waals surface area contributed by atoms with Crippen LogP contribution in [0.5, 0.6) is 0 Å². The Bertz CT molecular complexity index is 731. The van der Waals surface area contributed by atoms with E-state index in [4.69, 9.17) is 16.1 Å². The second kappa shape index (κ2) is 7.06. The summed E-state index contributed by atoms with van der Waals surface area (Å²) in [5, 5.41) is 18.2. The largest absolute Gasteiger partial charge is 0.394 e. The molecule has 2 atom stereocenters. The van der Waals surface area contributed by atoms with E-state index in [2.05, 4.69) is 36.2 Å². The van der Waals surface area contributed by atoms with Crippen LogP contribution in [0.4, 0.5) is 0 Å². The van der Waals surface area contributed by atoms with Crippen molar-refractivity contribution < 1.29 is 9.63 Å². The molecule has 1 aliphatic carbocycles. The third-order valence-corrected chi connectivity index (χ3v) is 5.29.